The van der Waals surface area contributed by atoms with E-state index in [1.807, 2.05) is 12.1 Å². The highest BCUT2D eigenvalue weighted by atomic mass is 35.5. The van der Waals surface area contributed by atoms with Crippen LogP contribution in [0.5, 0.6) is 11.5 Å². The summed E-state index contributed by atoms with van der Waals surface area (Å²) in [6.07, 6.45) is 0. The highest BCUT2D eigenvalue weighted by Gasteiger charge is 2.10. The van der Waals surface area contributed by atoms with Gasteiger partial charge >= 0.3 is 5.97 Å². The van der Waals surface area contributed by atoms with E-state index in [0.29, 0.717) is 17.4 Å². The van der Waals surface area contributed by atoms with Gasteiger partial charge in [0.1, 0.15) is 23.7 Å². The molecule has 0 atom stereocenters. The van der Waals surface area contributed by atoms with Crippen LogP contribution in [0.25, 0.3) is 0 Å². The third kappa shape index (κ3) is 3.39. The molecular weight excluding hydrogens is 268 g/mol. The monoisotopic (exact) mass is 278 g/mol. The molecule has 0 fully saturated rings. The molecule has 0 amide bonds. The predicted octanol–water partition coefficient (Wildman–Crippen LogP) is 3.32. The fourth-order valence-electron chi connectivity index (χ4n) is 1.53. The Morgan fingerprint density at radius 2 is 1.84 bits per heavy atom. The van der Waals surface area contributed by atoms with Gasteiger partial charge in [0.05, 0.1) is 0 Å². The van der Waals surface area contributed by atoms with Gasteiger partial charge in [0.15, 0.2) is 0 Å². The lowest BCUT2D eigenvalue weighted by Gasteiger charge is -2.08. The van der Waals surface area contributed by atoms with Crippen LogP contribution in [0.2, 0.25) is 5.02 Å². The number of carbonyl (C=O) groups is 1. The number of carboxylic acids is 1. The Morgan fingerprint density at radius 3 is 2.42 bits per heavy atom. The number of hydrogen-bond donors (Lipinski definition) is 2. The number of halogens is 1. The van der Waals surface area contributed by atoms with E-state index in [1.165, 1.54) is 18.2 Å². The minimum absolute atomic E-state index is 0.154. The van der Waals surface area contributed by atoms with Crippen LogP contribution in [0.15, 0.2) is 42.5 Å². The van der Waals surface area contributed by atoms with Gasteiger partial charge in [-0.1, -0.05) is 23.7 Å². The van der Waals surface area contributed by atoms with Crippen molar-refractivity contribution in [1.29, 1.82) is 0 Å². The average molecular weight is 279 g/mol. The minimum atomic E-state index is -1.18. The second-order valence-corrected chi connectivity index (χ2v) is 4.34. The lowest BCUT2D eigenvalue weighted by molar-refractivity contribution is 0.0693. The van der Waals surface area contributed by atoms with Crippen molar-refractivity contribution in [3.8, 4) is 11.5 Å². The van der Waals surface area contributed by atoms with E-state index in [0.717, 1.165) is 5.56 Å². The Labute approximate surface area is 114 Å². The molecule has 0 saturated heterocycles. The fraction of sp³-hybridized carbons (Fsp3) is 0.0714. The first-order valence-corrected chi connectivity index (χ1v) is 5.87. The summed E-state index contributed by atoms with van der Waals surface area (Å²) in [4.78, 5) is 10.7. The van der Waals surface area contributed by atoms with Crippen molar-refractivity contribution >= 4 is 17.6 Å². The molecule has 0 aliphatic heterocycles. The van der Waals surface area contributed by atoms with Crippen LogP contribution >= 0.6 is 11.6 Å². The molecule has 0 radical (unpaired) electrons. The lowest BCUT2D eigenvalue weighted by Crippen LogP contribution is -1.98. The maximum atomic E-state index is 10.7. The third-order valence-electron chi connectivity index (χ3n) is 2.52. The van der Waals surface area contributed by atoms with E-state index >= 15 is 0 Å². The van der Waals surface area contributed by atoms with Crippen molar-refractivity contribution in [1.82, 2.24) is 0 Å². The molecule has 0 aromatic heterocycles. The Kier molecular flexibility index (Phi) is 3.92. The van der Waals surface area contributed by atoms with Crippen LogP contribution in [-0.2, 0) is 6.61 Å². The Morgan fingerprint density at radius 1 is 1.16 bits per heavy atom. The molecule has 2 N–H and O–H groups in total. The number of rotatable bonds is 4. The molecule has 0 spiro atoms. The van der Waals surface area contributed by atoms with Crippen LogP contribution in [0.1, 0.15) is 15.9 Å². The van der Waals surface area contributed by atoms with E-state index in [9.17, 15) is 9.90 Å². The number of aromatic carboxylic acids is 1. The number of hydrogen-bond acceptors (Lipinski definition) is 3. The maximum Gasteiger partial charge on any atom is 0.339 e. The first kappa shape index (κ1) is 13.2. The Bertz CT molecular complexity index is 593. The van der Waals surface area contributed by atoms with Gasteiger partial charge in [-0.2, -0.15) is 0 Å². The van der Waals surface area contributed by atoms with Crippen molar-refractivity contribution in [3.63, 3.8) is 0 Å². The van der Waals surface area contributed by atoms with E-state index in [2.05, 4.69) is 0 Å². The summed E-state index contributed by atoms with van der Waals surface area (Å²) < 4.78 is 5.45. The molecule has 2 rings (SSSR count). The number of carboxylic acid groups (broad SMARTS) is 1. The van der Waals surface area contributed by atoms with Gasteiger partial charge in [0.25, 0.3) is 0 Å². The largest absolute Gasteiger partial charge is 0.507 e. The number of phenols is 1. The van der Waals surface area contributed by atoms with Crippen molar-refractivity contribution in [2.45, 2.75) is 6.61 Å². The summed E-state index contributed by atoms with van der Waals surface area (Å²) >= 11 is 5.77. The van der Waals surface area contributed by atoms with E-state index in [-0.39, 0.29) is 11.3 Å². The van der Waals surface area contributed by atoms with Crippen LogP contribution in [0, 0.1) is 0 Å². The third-order valence-corrected chi connectivity index (χ3v) is 2.77. The van der Waals surface area contributed by atoms with Gasteiger partial charge in [-0.15, -0.1) is 0 Å². The van der Waals surface area contributed by atoms with Crippen LogP contribution in [-0.4, -0.2) is 16.2 Å². The fourth-order valence-corrected chi connectivity index (χ4v) is 1.66. The van der Waals surface area contributed by atoms with Crippen LogP contribution in [0.3, 0.4) is 0 Å². The van der Waals surface area contributed by atoms with Crippen molar-refractivity contribution in [2.75, 3.05) is 0 Å². The second kappa shape index (κ2) is 5.63. The summed E-state index contributed by atoms with van der Waals surface area (Å²) in [5.41, 5.74) is 0.769. The Hall–Kier alpha value is -2.20. The topological polar surface area (TPSA) is 66.8 Å². The highest BCUT2D eigenvalue weighted by molar-refractivity contribution is 6.30. The number of aromatic hydroxyl groups is 1. The zero-order valence-electron chi connectivity index (χ0n) is 9.84. The number of benzene rings is 2. The van der Waals surface area contributed by atoms with Gasteiger partial charge in [0.2, 0.25) is 0 Å². The predicted molar refractivity (Wildman–Crippen MR) is 70.9 cm³/mol. The summed E-state index contributed by atoms with van der Waals surface area (Å²) in [5, 5.41) is 18.9. The molecule has 5 heteroatoms. The van der Waals surface area contributed by atoms with E-state index in [1.54, 1.807) is 12.1 Å². The summed E-state index contributed by atoms with van der Waals surface area (Å²) in [7, 11) is 0. The van der Waals surface area contributed by atoms with E-state index < -0.39 is 5.97 Å². The second-order valence-electron chi connectivity index (χ2n) is 3.90. The molecule has 0 bridgehead atoms. The Balaban J connectivity index is 2.06. The quantitative estimate of drug-likeness (QED) is 0.900. The van der Waals surface area contributed by atoms with Crippen LogP contribution in [0.4, 0.5) is 0 Å². The van der Waals surface area contributed by atoms with Crippen molar-refractivity contribution in [3.05, 3.63) is 58.6 Å². The molecule has 2 aromatic rings. The smallest absolute Gasteiger partial charge is 0.339 e. The molecular formula is C14H11ClO4. The zero-order valence-corrected chi connectivity index (χ0v) is 10.6. The highest BCUT2D eigenvalue weighted by Crippen LogP contribution is 2.24. The van der Waals surface area contributed by atoms with Gasteiger partial charge in [0, 0.05) is 11.1 Å². The van der Waals surface area contributed by atoms with Gasteiger partial charge in [-0.25, -0.2) is 4.79 Å². The number of ether oxygens (including phenoxy) is 1. The molecule has 0 heterocycles. The molecule has 4 nitrogen and oxygen atoms in total. The van der Waals surface area contributed by atoms with Gasteiger partial charge in [-0.05, 0) is 29.8 Å². The molecule has 0 unspecified atom stereocenters. The normalized spacial score (nSPS) is 10.2. The van der Waals surface area contributed by atoms with E-state index in [4.69, 9.17) is 21.4 Å². The summed E-state index contributed by atoms with van der Waals surface area (Å²) in [6, 6.07) is 11.2. The van der Waals surface area contributed by atoms with Gasteiger partial charge in [-0.3, -0.25) is 0 Å². The molecule has 2 aromatic carbocycles. The first-order chi connectivity index (χ1) is 9.06. The maximum absolute atomic E-state index is 10.7. The van der Waals surface area contributed by atoms with Crippen molar-refractivity contribution in [2.24, 2.45) is 0 Å². The van der Waals surface area contributed by atoms with Gasteiger partial charge < -0.3 is 14.9 Å². The molecule has 0 aliphatic carbocycles. The standard InChI is InChI=1S/C14H11ClO4/c15-10-3-1-9(2-4-10)8-19-11-5-6-12(14(17)18)13(16)7-11/h1-7,16H,8H2,(H,17,18). The molecule has 0 aliphatic rings. The average Bonchev–Trinajstić information content (AvgIpc) is 2.37. The van der Waals surface area contributed by atoms with Crippen LogP contribution < -0.4 is 4.74 Å². The SMILES string of the molecule is O=C(O)c1ccc(OCc2ccc(Cl)cc2)cc1O. The molecule has 0 saturated carbocycles. The first-order valence-electron chi connectivity index (χ1n) is 5.50. The zero-order chi connectivity index (χ0) is 13.8. The minimum Gasteiger partial charge on any atom is -0.507 e. The summed E-state index contributed by atoms with van der Waals surface area (Å²) in [5.74, 6) is -1.10. The molecule has 98 valence electrons. The summed E-state index contributed by atoms with van der Waals surface area (Å²) in [6.45, 7) is 0.309. The molecule has 19 heavy (non-hydrogen) atoms. The lowest BCUT2D eigenvalue weighted by atomic mass is 10.2. The van der Waals surface area contributed by atoms with Crippen molar-refractivity contribution < 1.29 is 19.7 Å².